The van der Waals surface area contributed by atoms with Crippen molar-refractivity contribution in [2.45, 2.75) is 26.2 Å². The molecule has 15 heavy (non-hydrogen) atoms. The fourth-order valence-corrected chi connectivity index (χ4v) is 2.27. The molecule has 1 fully saturated rings. The topological polar surface area (TPSA) is 15.3 Å². The van der Waals surface area contributed by atoms with E-state index in [2.05, 4.69) is 17.1 Å². The number of hydrogen-bond acceptors (Lipinski definition) is 2. The van der Waals surface area contributed by atoms with Crippen LogP contribution in [-0.4, -0.2) is 37.6 Å². The van der Waals surface area contributed by atoms with Crippen molar-refractivity contribution in [1.29, 1.82) is 0 Å². The molecule has 1 aliphatic heterocycles. The van der Waals surface area contributed by atoms with Gasteiger partial charge in [-0.2, -0.15) is 0 Å². The first-order chi connectivity index (χ1) is 7.36. The number of nitrogens with zero attached hydrogens (tertiary/aromatic N) is 1. The third-order valence-corrected chi connectivity index (χ3v) is 3.15. The van der Waals surface area contributed by atoms with E-state index in [0.717, 1.165) is 12.5 Å². The molecule has 0 spiro atoms. The number of halogens is 1. The second-order valence-electron chi connectivity index (χ2n) is 4.31. The third-order valence-electron chi connectivity index (χ3n) is 2.97. The Morgan fingerprint density at radius 2 is 2.13 bits per heavy atom. The van der Waals surface area contributed by atoms with Crippen LogP contribution in [0.25, 0.3) is 0 Å². The molecule has 0 radical (unpaired) electrons. The molecule has 0 aromatic heterocycles. The Kier molecular flexibility index (Phi) is 7.07. The first kappa shape index (κ1) is 13.0. The second-order valence-corrected chi connectivity index (χ2v) is 4.57. The van der Waals surface area contributed by atoms with Crippen LogP contribution in [0.3, 0.4) is 0 Å². The Hall–Kier alpha value is -0.0500. The van der Waals surface area contributed by atoms with Crippen LogP contribution in [0.15, 0.2) is 11.6 Å². The number of hydrogen-bond donors (Lipinski definition) is 1. The summed E-state index contributed by atoms with van der Waals surface area (Å²) in [5, 5.41) is 3.41. The molecule has 1 aliphatic rings. The highest BCUT2D eigenvalue weighted by Gasteiger charge is 2.15. The van der Waals surface area contributed by atoms with Gasteiger partial charge in [-0.25, -0.2) is 0 Å². The van der Waals surface area contributed by atoms with E-state index < -0.39 is 0 Å². The summed E-state index contributed by atoms with van der Waals surface area (Å²) in [4.78, 5) is 2.51. The van der Waals surface area contributed by atoms with Crippen LogP contribution in [0.5, 0.6) is 0 Å². The summed E-state index contributed by atoms with van der Waals surface area (Å²) >= 11 is 5.57. The Bertz CT molecular complexity index is 176. The molecule has 0 amide bonds. The van der Waals surface area contributed by atoms with Crippen LogP contribution in [0, 0.1) is 5.92 Å². The summed E-state index contributed by atoms with van der Waals surface area (Å²) in [5.74, 6) is 0.876. The molecule has 1 N–H and O–H groups in total. The molecule has 0 atom stereocenters. The maximum absolute atomic E-state index is 5.57. The summed E-state index contributed by atoms with van der Waals surface area (Å²) in [5.41, 5.74) is 1.63. The zero-order chi connectivity index (χ0) is 10.9. The van der Waals surface area contributed by atoms with Gasteiger partial charge < -0.3 is 5.32 Å². The number of nitrogens with one attached hydrogen (secondary N) is 1. The van der Waals surface area contributed by atoms with Crippen molar-refractivity contribution in [3.05, 3.63) is 11.6 Å². The van der Waals surface area contributed by atoms with Gasteiger partial charge in [0.2, 0.25) is 0 Å². The standard InChI is InChI=1S/C12H23ClN2/c1-2-9-15(10-3-6-13)11-12-4-7-14-8-5-12/h3,6,12,14H,2,4-5,7-11H2,1H3. The highest BCUT2D eigenvalue weighted by Crippen LogP contribution is 2.13. The molecule has 1 saturated heterocycles. The highest BCUT2D eigenvalue weighted by atomic mass is 35.5. The van der Waals surface area contributed by atoms with Gasteiger partial charge in [-0.1, -0.05) is 24.6 Å². The average Bonchev–Trinajstić information content (AvgIpc) is 2.28. The van der Waals surface area contributed by atoms with Crippen molar-refractivity contribution in [1.82, 2.24) is 10.2 Å². The molecule has 0 aromatic carbocycles. The van der Waals surface area contributed by atoms with Crippen molar-refractivity contribution < 1.29 is 0 Å². The second kappa shape index (κ2) is 8.14. The first-order valence-electron chi connectivity index (χ1n) is 6.05. The monoisotopic (exact) mass is 230 g/mol. The van der Waals surface area contributed by atoms with Crippen molar-refractivity contribution in [2.75, 3.05) is 32.7 Å². The fourth-order valence-electron chi connectivity index (χ4n) is 2.19. The smallest absolute Gasteiger partial charge is 0.0174 e. The fraction of sp³-hybridized carbons (Fsp3) is 0.833. The van der Waals surface area contributed by atoms with Gasteiger partial charge in [-0.3, -0.25) is 4.90 Å². The minimum atomic E-state index is 0.876. The summed E-state index contributed by atoms with van der Waals surface area (Å²) in [7, 11) is 0. The van der Waals surface area contributed by atoms with Gasteiger partial charge in [0.15, 0.2) is 0 Å². The van der Waals surface area contributed by atoms with Crippen molar-refractivity contribution in [3.63, 3.8) is 0 Å². The Morgan fingerprint density at radius 1 is 1.40 bits per heavy atom. The van der Waals surface area contributed by atoms with E-state index in [1.807, 2.05) is 6.08 Å². The molecule has 0 bridgehead atoms. The number of piperidine rings is 1. The molecular weight excluding hydrogens is 208 g/mol. The van der Waals surface area contributed by atoms with E-state index >= 15 is 0 Å². The minimum absolute atomic E-state index is 0.876. The van der Waals surface area contributed by atoms with Gasteiger partial charge in [0.25, 0.3) is 0 Å². The van der Waals surface area contributed by atoms with E-state index in [4.69, 9.17) is 11.6 Å². The molecule has 0 aromatic rings. The van der Waals surface area contributed by atoms with Gasteiger partial charge in [-0.15, -0.1) is 0 Å². The van der Waals surface area contributed by atoms with E-state index in [0.29, 0.717) is 0 Å². The van der Waals surface area contributed by atoms with Crippen LogP contribution in [0.2, 0.25) is 0 Å². The van der Waals surface area contributed by atoms with Gasteiger partial charge >= 0.3 is 0 Å². The first-order valence-corrected chi connectivity index (χ1v) is 6.48. The largest absolute Gasteiger partial charge is 0.317 e. The predicted molar refractivity (Wildman–Crippen MR) is 67.3 cm³/mol. The molecule has 1 rings (SSSR count). The zero-order valence-electron chi connectivity index (χ0n) is 9.71. The van der Waals surface area contributed by atoms with Crippen LogP contribution in [-0.2, 0) is 0 Å². The third kappa shape index (κ3) is 5.55. The summed E-state index contributed by atoms with van der Waals surface area (Å²) in [6.45, 7) is 8.04. The number of rotatable bonds is 6. The maximum atomic E-state index is 5.57. The lowest BCUT2D eigenvalue weighted by Crippen LogP contribution is -2.36. The maximum Gasteiger partial charge on any atom is 0.0174 e. The molecule has 0 unspecified atom stereocenters. The van der Waals surface area contributed by atoms with E-state index in [1.54, 1.807) is 5.54 Å². The minimum Gasteiger partial charge on any atom is -0.317 e. The quantitative estimate of drug-likeness (QED) is 0.754. The zero-order valence-corrected chi connectivity index (χ0v) is 10.5. The van der Waals surface area contributed by atoms with Gasteiger partial charge in [0, 0.05) is 18.6 Å². The lowest BCUT2D eigenvalue weighted by Gasteiger charge is -2.29. The molecule has 0 saturated carbocycles. The normalized spacial score (nSPS) is 19.1. The SMILES string of the molecule is CCCN(CC=CCl)CC1CCNCC1. The Balaban J connectivity index is 2.27. The van der Waals surface area contributed by atoms with E-state index in [9.17, 15) is 0 Å². The van der Waals surface area contributed by atoms with Crippen LogP contribution in [0.1, 0.15) is 26.2 Å². The molecule has 2 nitrogen and oxygen atoms in total. The Morgan fingerprint density at radius 3 is 2.73 bits per heavy atom. The summed E-state index contributed by atoms with van der Waals surface area (Å²) in [6, 6.07) is 0. The van der Waals surface area contributed by atoms with Crippen LogP contribution < -0.4 is 5.32 Å². The highest BCUT2D eigenvalue weighted by molar-refractivity contribution is 6.25. The molecule has 88 valence electrons. The molecule has 1 heterocycles. The van der Waals surface area contributed by atoms with Gasteiger partial charge in [-0.05, 0) is 44.8 Å². The van der Waals surface area contributed by atoms with E-state index in [-0.39, 0.29) is 0 Å². The molecule has 3 heteroatoms. The Labute approximate surface area is 98.7 Å². The molecular formula is C12H23ClN2. The van der Waals surface area contributed by atoms with Crippen molar-refractivity contribution in [2.24, 2.45) is 5.92 Å². The summed E-state index contributed by atoms with van der Waals surface area (Å²) < 4.78 is 0. The lowest BCUT2D eigenvalue weighted by atomic mass is 9.97. The van der Waals surface area contributed by atoms with Crippen molar-refractivity contribution >= 4 is 11.6 Å². The average molecular weight is 231 g/mol. The van der Waals surface area contributed by atoms with Crippen LogP contribution in [0.4, 0.5) is 0 Å². The van der Waals surface area contributed by atoms with E-state index in [1.165, 1.54) is 45.4 Å². The summed E-state index contributed by atoms with van der Waals surface area (Å²) in [6.07, 6.45) is 5.91. The molecule has 0 aliphatic carbocycles. The van der Waals surface area contributed by atoms with Crippen LogP contribution >= 0.6 is 11.6 Å². The lowest BCUT2D eigenvalue weighted by molar-refractivity contribution is 0.222. The van der Waals surface area contributed by atoms with Crippen molar-refractivity contribution in [3.8, 4) is 0 Å². The predicted octanol–water partition coefficient (Wildman–Crippen LogP) is 2.45. The van der Waals surface area contributed by atoms with Gasteiger partial charge in [0.1, 0.15) is 0 Å². The van der Waals surface area contributed by atoms with Gasteiger partial charge in [0.05, 0.1) is 0 Å².